The van der Waals surface area contributed by atoms with E-state index in [9.17, 15) is 4.79 Å². The van der Waals surface area contributed by atoms with Gasteiger partial charge in [0.15, 0.2) is 0 Å². The molecule has 1 heterocycles. The molecule has 1 fully saturated rings. The average Bonchev–Trinajstić information content (AvgIpc) is 3.19. The van der Waals surface area contributed by atoms with Gasteiger partial charge in [0, 0.05) is 15.8 Å². The molecule has 3 rings (SSSR count). The van der Waals surface area contributed by atoms with Crippen LogP contribution < -0.4 is 5.32 Å². The van der Waals surface area contributed by atoms with Crippen LogP contribution in [0.25, 0.3) is 0 Å². The fourth-order valence-electron chi connectivity index (χ4n) is 1.62. The van der Waals surface area contributed by atoms with Crippen LogP contribution in [0.3, 0.4) is 0 Å². The molecule has 2 aromatic rings. The van der Waals surface area contributed by atoms with E-state index in [4.69, 9.17) is 11.6 Å². The lowest BCUT2D eigenvalue weighted by Crippen LogP contribution is -2.13. The van der Waals surface area contributed by atoms with E-state index in [2.05, 4.69) is 15.5 Å². The number of benzene rings is 1. The summed E-state index contributed by atoms with van der Waals surface area (Å²) in [6.07, 6.45) is 2.38. The molecule has 0 aliphatic heterocycles. The van der Waals surface area contributed by atoms with E-state index in [0.29, 0.717) is 21.8 Å². The van der Waals surface area contributed by atoms with Crippen LogP contribution in [0.5, 0.6) is 0 Å². The molecule has 20 heavy (non-hydrogen) atoms. The minimum absolute atomic E-state index is 0.0663. The van der Waals surface area contributed by atoms with Gasteiger partial charge in [-0.25, -0.2) is 0 Å². The molecule has 1 aromatic heterocycles. The second-order valence-corrected chi connectivity index (χ2v) is 7.00. The zero-order valence-corrected chi connectivity index (χ0v) is 12.9. The lowest BCUT2D eigenvalue weighted by molar-refractivity contribution is -0.113. The van der Waals surface area contributed by atoms with Crippen molar-refractivity contribution in [3.05, 3.63) is 34.3 Å². The minimum atomic E-state index is -0.0663. The maximum atomic E-state index is 11.8. The van der Waals surface area contributed by atoms with Gasteiger partial charge in [-0.2, -0.15) is 0 Å². The number of hydrogen-bond acceptors (Lipinski definition) is 5. The molecule has 1 aliphatic rings. The number of rotatable bonds is 5. The average molecular weight is 326 g/mol. The fraction of sp³-hybridized carbons (Fsp3) is 0.308. The summed E-state index contributed by atoms with van der Waals surface area (Å²) in [5.41, 5.74) is 0. The molecule has 1 aliphatic carbocycles. The summed E-state index contributed by atoms with van der Waals surface area (Å²) in [4.78, 5) is 12.8. The Morgan fingerprint density at radius 2 is 2.10 bits per heavy atom. The van der Waals surface area contributed by atoms with Gasteiger partial charge in [0.2, 0.25) is 11.0 Å². The molecule has 0 saturated heterocycles. The van der Waals surface area contributed by atoms with E-state index in [0.717, 1.165) is 9.90 Å². The predicted molar refractivity (Wildman–Crippen MR) is 82.7 cm³/mol. The van der Waals surface area contributed by atoms with E-state index >= 15 is 0 Å². The van der Waals surface area contributed by atoms with E-state index < -0.39 is 0 Å². The van der Waals surface area contributed by atoms with Crippen molar-refractivity contribution in [2.45, 2.75) is 23.7 Å². The maximum absolute atomic E-state index is 11.8. The van der Waals surface area contributed by atoms with Crippen LogP contribution in [0.15, 0.2) is 29.2 Å². The highest BCUT2D eigenvalue weighted by atomic mass is 35.5. The second-order valence-electron chi connectivity index (χ2n) is 4.51. The highest BCUT2D eigenvalue weighted by Crippen LogP contribution is 2.42. The summed E-state index contributed by atoms with van der Waals surface area (Å²) < 4.78 is 0. The van der Waals surface area contributed by atoms with Gasteiger partial charge in [0.1, 0.15) is 5.01 Å². The molecule has 0 spiro atoms. The van der Waals surface area contributed by atoms with Gasteiger partial charge in [-0.15, -0.1) is 22.0 Å². The summed E-state index contributed by atoms with van der Waals surface area (Å²) in [6, 6.07) is 7.43. The molecule has 0 radical (unpaired) electrons. The van der Waals surface area contributed by atoms with Crippen LogP contribution in [-0.2, 0) is 4.79 Å². The van der Waals surface area contributed by atoms with Crippen LogP contribution in [0, 0.1) is 0 Å². The molecule has 1 amide bonds. The third kappa shape index (κ3) is 3.71. The Balaban J connectivity index is 1.49. The van der Waals surface area contributed by atoms with E-state index in [1.807, 2.05) is 24.3 Å². The molecule has 0 bridgehead atoms. The molecule has 1 aromatic carbocycles. The number of nitrogens with one attached hydrogen (secondary N) is 1. The molecular weight excluding hydrogens is 314 g/mol. The van der Waals surface area contributed by atoms with Gasteiger partial charge in [0.05, 0.1) is 5.75 Å². The van der Waals surface area contributed by atoms with Gasteiger partial charge in [-0.3, -0.25) is 10.1 Å². The Morgan fingerprint density at radius 1 is 1.35 bits per heavy atom. The molecule has 1 N–H and O–H groups in total. The van der Waals surface area contributed by atoms with Crippen molar-refractivity contribution in [1.82, 2.24) is 10.2 Å². The first-order valence-electron chi connectivity index (χ1n) is 6.22. The monoisotopic (exact) mass is 325 g/mol. The standard InChI is InChI=1S/C13H12ClN3OS2/c14-9-3-5-10(6-4-9)19-7-11(18)15-13-17-16-12(20-13)8-1-2-8/h3-6,8H,1-2,7H2,(H,15,17,18). The third-order valence-corrected chi connectivity index (χ3v) is 5.06. The van der Waals surface area contributed by atoms with Crippen LogP contribution in [0.2, 0.25) is 5.02 Å². The molecule has 0 unspecified atom stereocenters. The van der Waals surface area contributed by atoms with Crippen molar-refractivity contribution in [2.24, 2.45) is 0 Å². The number of halogens is 1. The van der Waals surface area contributed by atoms with Gasteiger partial charge in [0.25, 0.3) is 0 Å². The van der Waals surface area contributed by atoms with E-state index in [1.54, 1.807) is 0 Å². The summed E-state index contributed by atoms with van der Waals surface area (Å²) in [6.45, 7) is 0. The van der Waals surface area contributed by atoms with Crippen LogP contribution in [-0.4, -0.2) is 21.9 Å². The molecule has 4 nitrogen and oxygen atoms in total. The van der Waals surface area contributed by atoms with Gasteiger partial charge in [-0.1, -0.05) is 22.9 Å². The second kappa shape index (κ2) is 6.11. The zero-order chi connectivity index (χ0) is 13.9. The molecular formula is C13H12ClN3OS2. The van der Waals surface area contributed by atoms with Gasteiger partial charge >= 0.3 is 0 Å². The van der Waals surface area contributed by atoms with Crippen LogP contribution >= 0.6 is 34.7 Å². The Hall–Kier alpha value is -1.11. The van der Waals surface area contributed by atoms with Crippen molar-refractivity contribution in [1.29, 1.82) is 0 Å². The Kier molecular flexibility index (Phi) is 4.24. The Morgan fingerprint density at radius 3 is 2.80 bits per heavy atom. The Bertz CT molecular complexity index is 610. The highest BCUT2D eigenvalue weighted by molar-refractivity contribution is 8.00. The summed E-state index contributed by atoms with van der Waals surface area (Å²) in [5.74, 6) is 0.852. The number of thioether (sulfide) groups is 1. The number of carbonyl (C=O) groups is 1. The normalized spacial score (nSPS) is 14.2. The number of hydrogen-bond donors (Lipinski definition) is 1. The lowest BCUT2D eigenvalue weighted by atomic mass is 10.4. The summed E-state index contributed by atoms with van der Waals surface area (Å²) in [5, 5.41) is 13.2. The van der Waals surface area contributed by atoms with Crippen molar-refractivity contribution in [2.75, 3.05) is 11.1 Å². The zero-order valence-electron chi connectivity index (χ0n) is 10.5. The van der Waals surface area contributed by atoms with Gasteiger partial charge in [-0.05, 0) is 37.1 Å². The van der Waals surface area contributed by atoms with Gasteiger partial charge < -0.3 is 0 Å². The topological polar surface area (TPSA) is 54.9 Å². The van der Waals surface area contributed by atoms with Crippen LogP contribution in [0.4, 0.5) is 5.13 Å². The van der Waals surface area contributed by atoms with Crippen molar-refractivity contribution < 1.29 is 4.79 Å². The molecule has 7 heteroatoms. The summed E-state index contributed by atoms with van der Waals surface area (Å²) >= 11 is 8.75. The molecule has 1 saturated carbocycles. The highest BCUT2D eigenvalue weighted by Gasteiger charge is 2.27. The predicted octanol–water partition coefficient (Wildman–Crippen LogP) is 3.80. The lowest BCUT2D eigenvalue weighted by Gasteiger charge is -2.01. The molecule has 0 atom stereocenters. The van der Waals surface area contributed by atoms with E-state index in [-0.39, 0.29) is 5.91 Å². The number of aromatic nitrogens is 2. The van der Waals surface area contributed by atoms with Crippen LogP contribution in [0.1, 0.15) is 23.8 Å². The SMILES string of the molecule is O=C(CSc1ccc(Cl)cc1)Nc1nnc(C2CC2)s1. The minimum Gasteiger partial charge on any atom is -0.300 e. The van der Waals surface area contributed by atoms with E-state index in [1.165, 1.54) is 35.9 Å². The summed E-state index contributed by atoms with van der Waals surface area (Å²) in [7, 11) is 0. The first kappa shape index (κ1) is 13.9. The smallest absolute Gasteiger partial charge is 0.236 e. The number of amides is 1. The first-order chi connectivity index (χ1) is 9.70. The van der Waals surface area contributed by atoms with Crippen molar-refractivity contribution in [3.8, 4) is 0 Å². The first-order valence-corrected chi connectivity index (χ1v) is 8.40. The number of nitrogens with zero attached hydrogens (tertiary/aromatic N) is 2. The number of anilines is 1. The largest absolute Gasteiger partial charge is 0.300 e. The van der Waals surface area contributed by atoms with Crippen molar-refractivity contribution >= 4 is 45.7 Å². The fourth-order valence-corrected chi connectivity index (χ4v) is 3.37. The third-order valence-electron chi connectivity index (χ3n) is 2.80. The molecule has 104 valence electrons. The quantitative estimate of drug-likeness (QED) is 0.849. The Labute approximate surface area is 129 Å². The maximum Gasteiger partial charge on any atom is 0.236 e. The van der Waals surface area contributed by atoms with Crippen molar-refractivity contribution in [3.63, 3.8) is 0 Å². The number of carbonyl (C=O) groups excluding carboxylic acids is 1.